The van der Waals surface area contributed by atoms with Crippen molar-refractivity contribution in [3.63, 3.8) is 0 Å². The van der Waals surface area contributed by atoms with Gasteiger partial charge in [0.05, 0.1) is 13.2 Å². The van der Waals surface area contributed by atoms with Gasteiger partial charge in [-0.1, -0.05) is 6.92 Å². The van der Waals surface area contributed by atoms with E-state index in [1.165, 1.54) is 32.4 Å². The van der Waals surface area contributed by atoms with Gasteiger partial charge in [0, 0.05) is 18.6 Å². The van der Waals surface area contributed by atoms with Gasteiger partial charge in [0.25, 0.3) is 0 Å². The molecule has 0 aromatic carbocycles. The molecule has 3 heteroatoms. The van der Waals surface area contributed by atoms with Crippen LogP contribution in [0.4, 0.5) is 0 Å². The number of piperidine rings is 1. The van der Waals surface area contributed by atoms with Crippen LogP contribution in [0.3, 0.4) is 0 Å². The summed E-state index contributed by atoms with van der Waals surface area (Å²) < 4.78 is 5.42. The Morgan fingerprint density at radius 2 is 1.86 bits per heavy atom. The smallest absolute Gasteiger partial charge is 0.0594 e. The SMILES string of the molecule is CCC1(N2CCOCC2)CCNCC1. The maximum absolute atomic E-state index is 5.42. The van der Waals surface area contributed by atoms with Crippen LogP contribution in [0, 0.1) is 0 Å². The van der Waals surface area contributed by atoms with Crippen LogP contribution in [0.2, 0.25) is 0 Å². The molecule has 0 amide bonds. The van der Waals surface area contributed by atoms with Crippen molar-refractivity contribution in [3.8, 4) is 0 Å². The third-order valence-corrected chi connectivity index (χ3v) is 3.87. The molecule has 0 radical (unpaired) electrons. The van der Waals surface area contributed by atoms with Gasteiger partial charge in [-0.3, -0.25) is 4.90 Å². The van der Waals surface area contributed by atoms with Gasteiger partial charge in [0.2, 0.25) is 0 Å². The molecule has 2 saturated heterocycles. The zero-order chi connectivity index (χ0) is 9.86. The van der Waals surface area contributed by atoms with Crippen LogP contribution in [-0.2, 0) is 4.74 Å². The number of nitrogens with one attached hydrogen (secondary N) is 1. The largest absolute Gasteiger partial charge is 0.379 e. The molecule has 0 aromatic heterocycles. The molecule has 1 N–H and O–H groups in total. The van der Waals surface area contributed by atoms with Crippen molar-refractivity contribution in [2.24, 2.45) is 0 Å². The lowest BCUT2D eigenvalue weighted by Gasteiger charge is -2.47. The topological polar surface area (TPSA) is 24.5 Å². The van der Waals surface area contributed by atoms with E-state index >= 15 is 0 Å². The predicted molar refractivity (Wildman–Crippen MR) is 57.5 cm³/mol. The summed E-state index contributed by atoms with van der Waals surface area (Å²) in [6, 6.07) is 0. The Labute approximate surface area is 86.8 Å². The Bertz CT molecular complexity index is 172. The van der Waals surface area contributed by atoms with Crippen molar-refractivity contribution >= 4 is 0 Å². The highest BCUT2D eigenvalue weighted by Gasteiger charge is 2.36. The van der Waals surface area contributed by atoms with Crippen LogP contribution in [0.25, 0.3) is 0 Å². The summed E-state index contributed by atoms with van der Waals surface area (Å²) in [6.45, 7) is 8.82. The second kappa shape index (κ2) is 4.60. The molecule has 2 rings (SSSR count). The van der Waals surface area contributed by atoms with Gasteiger partial charge < -0.3 is 10.1 Å². The monoisotopic (exact) mass is 198 g/mol. The van der Waals surface area contributed by atoms with E-state index in [0.717, 1.165) is 26.3 Å². The van der Waals surface area contributed by atoms with E-state index in [4.69, 9.17) is 4.74 Å². The highest BCUT2D eigenvalue weighted by atomic mass is 16.5. The summed E-state index contributed by atoms with van der Waals surface area (Å²) in [7, 11) is 0. The van der Waals surface area contributed by atoms with E-state index in [9.17, 15) is 0 Å². The molecule has 0 saturated carbocycles. The van der Waals surface area contributed by atoms with Crippen molar-refractivity contribution in [1.82, 2.24) is 10.2 Å². The lowest BCUT2D eigenvalue weighted by molar-refractivity contribution is -0.0363. The molecule has 0 aliphatic carbocycles. The Hall–Kier alpha value is -0.120. The lowest BCUT2D eigenvalue weighted by Crippen LogP contribution is -2.57. The van der Waals surface area contributed by atoms with Crippen LogP contribution >= 0.6 is 0 Å². The summed E-state index contributed by atoms with van der Waals surface area (Å²) in [5.74, 6) is 0. The average molecular weight is 198 g/mol. The molecule has 2 aliphatic rings. The molecule has 0 unspecified atom stereocenters. The van der Waals surface area contributed by atoms with Crippen molar-refractivity contribution in [1.29, 1.82) is 0 Å². The minimum absolute atomic E-state index is 0.481. The Kier molecular flexibility index (Phi) is 3.42. The van der Waals surface area contributed by atoms with E-state index < -0.39 is 0 Å². The average Bonchev–Trinajstić information content (AvgIpc) is 2.31. The van der Waals surface area contributed by atoms with Gasteiger partial charge in [0.1, 0.15) is 0 Å². The number of rotatable bonds is 2. The first kappa shape index (κ1) is 10.4. The zero-order valence-electron chi connectivity index (χ0n) is 9.22. The van der Waals surface area contributed by atoms with E-state index in [1.807, 2.05) is 0 Å². The third kappa shape index (κ3) is 1.95. The highest BCUT2D eigenvalue weighted by Crippen LogP contribution is 2.30. The van der Waals surface area contributed by atoms with Crippen LogP contribution in [0.15, 0.2) is 0 Å². The number of morpholine rings is 1. The minimum atomic E-state index is 0.481. The number of hydrogen-bond donors (Lipinski definition) is 1. The van der Waals surface area contributed by atoms with E-state index in [-0.39, 0.29) is 0 Å². The molecule has 14 heavy (non-hydrogen) atoms. The first-order valence-corrected chi connectivity index (χ1v) is 5.91. The molecular weight excluding hydrogens is 176 g/mol. The third-order valence-electron chi connectivity index (χ3n) is 3.87. The van der Waals surface area contributed by atoms with Gasteiger partial charge in [-0.15, -0.1) is 0 Å². The van der Waals surface area contributed by atoms with Crippen molar-refractivity contribution in [3.05, 3.63) is 0 Å². The van der Waals surface area contributed by atoms with Gasteiger partial charge in [0.15, 0.2) is 0 Å². The highest BCUT2D eigenvalue weighted by molar-refractivity contribution is 4.94. The second-order valence-corrected chi connectivity index (χ2v) is 4.43. The molecule has 0 aromatic rings. The number of ether oxygens (including phenoxy) is 1. The van der Waals surface area contributed by atoms with E-state index in [2.05, 4.69) is 17.1 Å². The molecule has 82 valence electrons. The van der Waals surface area contributed by atoms with Crippen molar-refractivity contribution in [2.45, 2.75) is 31.7 Å². The Morgan fingerprint density at radius 1 is 1.21 bits per heavy atom. The zero-order valence-corrected chi connectivity index (χ0v) is 9.22. The summed E-state index contributed by atoms with van der Waals surface area (Å²) in [4.78, 5) is 2.66. The van der Waals surface area contributed by atoms with E-state index in [0.29, 0.717) is 5.54 Å². The van der Waals surface area contributed by atoms with Gasteiger partial charge in [-0.05, 0) is 32.4 Å². The van der Waals surface area contributed by atoms with Crippen LogP contribution < -0.4 is 5.32 Å². The molecule has 0 atom stereocenters. The maximum atomic E-state index is 5.42. The summed E-state index contributed by atoms with van der Waals surface area (Å²) >= 11 is 0. The number of nitrogens with zero attached hydrogens (tertiary/aromatic N) is 1. The van der Waals surface area contributed by atoms with Crippen LogP contribution in [0.5, 0.6) is 0 Å². The van der Waals surface area contributed by atoms with Crippen LogP contribution in [-0.4, -0.2) is 49.8 Å². The molecule has 3 nitrogen and oxygen atoms in total. The lowest BCUT2D eigenvalue weighted by atomic mass is 9.83. The second-order valence-electron chi connectivity index (χ2n) is 4.43. The molecular formula is C11H22N2O. The normalized spacial score (nSPS) is 28.9. The first-order chi connectivity index (χ1) is 6.87. The number of hydrogen-bond acceptors (Lipinski definition) is 3. The fourth-order valence-corrected chi connectivity index (χ4v) is 2.82. The summed E-state index contributed by atoms with van der Waals surface area (Å²) in [5.41, 5.74) is 0.481. The fourth-order valence-electron chi connectivity index (χ4n) is 2.82. The standard InChI is InChI=1S/C11H22N2O/c1-2-11(3-5-12-6-4-11)13-7-9-14-10-8-13/h12H,2-10H2,1H3. The van der Waals surface area contributed by atoms with E-state index in [1.54, 1.807) is 0 Å². The van der Waals surface area contributed by atoms with Gasteiger partial charge in [-0.2, -0.15) is 0 Å². The fraction of sp³-hybridized carbons (Fsp3) is 1.00. The Balaban J connectivity index is 2.01. The maximum Gasteiger partial charge on any atom is 0.0594 e. The minimum Gasteiger partial charge on any atom is -0.379 e. The van der Waals surface area contributed by atoms with Gasteiger partial charge in [-0.25, -0.2) is 0 Å². The van der Waals surface area contributed by atoms with Crippen molar-refractivity contribution < 1.29 is 4.74 Å². The molecule has 2 fully saturated rings. The summed E-state index contributed by atoms with van der Waals surface area (Å²) in [5, 5.41) is 3.45. The van der Waals surface area contributed by atoms with Crippen molar-refractivity contribution in [2.75, 3.05) is 39.4 Å². The first-order valence-electron chi connectivity index (χ1n) is 5.91. The Morgan fingerprint density at radius 3 is 2.43 bits per heavy atom. The predicted octanol–water partition coefficient (Wildman–Crippen LogP) is 0.851. The molecule has 0 spiro atoms. The molecule has 2 heterocycles. The van der Waals surface area contributed by atoms with Crippen LogP contribution in [0.1, 0.15) is 26.2 Å². The molecule has 2 aliphatic heterocycles. The van der Waals surface area contributed by atoms with Gasteiger partial charge >= 0.3 is 0 Å². The summed E-state index contributed by atoms with van der Waals surface area (Å²) in [6.07, 6.45) is 3.90. The quantitative estimate of drug-likeness (QED) is 0.712. The molecule has 0 bridgehead atoms.